The second kappa shape index (κ2) is 5.24. The van der Waals surface area contributed by atoms with Crippen molar-refractivity contribution in [3.8, 4) is 0 Å². The summed E-state index contributed by atoms with van der Waals surface area (Å²) in [6, 6.07) is 0. The molecule has 62 valence electrons. The first-order valence-electron chi connectivity index (χ1n) is 4.04. The predicted molar refractivity (Wildman–Crippen MR) is 48.8 cm³/mol. The van der Waals surface area contributed by atoms with Gasteiger partial charge in [-0.1, -0.05) is 19.8 Å². The molecule has 1 aromatic rings. The van der Waals surface area contributed by atoms with Crippen molar-refractivity contribution in [2.24, 2.45) is 0 Å². The minimum atomic E-state index is 1.18. The molecule has 0 aliphatic carbocycles. The SMILES string of the molecule is CCCCCSc1cnc[nH]1. The number of aromatic nitrogens is 2. The molecule has 2 nitrogen and oxygen atoms in total. The van der Waals surface area contributed by atoms with Gasteiger partial charge >= 0.3 is 0 Å². The predicted octanol–water partition coefficient (Wildman–Crippen LogP) is 2.69. The molecule has 0 saturated carbocycles. The van der Waals surface area contributed by atoms with Crippen LogP contribution < -0.4 is 0 Å². The van der Waals surface area contributed by atoms with Crippen LogP contribution in [0.5, 0.6) is 0 Å². The molecule has 0 atom stereocenters. The van der Waals surface area contributed by atoms with Gasteiger partial charge in [-0.2, -0.15) is 0 Å². The Labute approximate surface area is 71.8 Å². The summed E-state index contributed by atoms with van der Waals surface area (Å²) in [5.41, 5.74) is 0. The highest BCUT2D eigenvalue weighted by atomic mass is 32.2. The van der Waals surface area contributed by atoms with Crippen LogP contribution in [0.4, 0.5) is 0 Å². The Kier molecular flexibility index (Phi) is 4.12. The highest BCUT2D eigenvalue weighted by Gasteiger charge is 1.92. The van der Waals surface area contributed by atoms with Gasteiger partial charge in [-0.15, -0.1) is 11.8 Å². The molecule has 1 aromatic heterocycles. The third-order valence-corrected chi connectivity index (χ3v) is 2.51. The van der Waals surface area contributed by atoms with E-state index in [1.807, 2.05) is 18.0 Å². The monoisotopic (exact) mass is 170 g/mol. The van der Waals surface area contributed by atoms with Crippen LogP contribution in [0.25, 0.3) is 0 Å². The Bertz CT molecular complexity index is 172. The highest BCUT2D eigenvalue weighted by Crippen LogP contribution is 2.15. The van der Waals surface area contributed by atoms with E-state index < -0.39 is 0 Å². The Balaban J connectivity index is 2.04. The number of hydrogen-bond acceptors (Lipinski definition) is 2. The molecule has 0 fully saturated rings. The van der Waals surface area contributed by atoms with E-state index in [-0.39, 0.29) is 0 Å². The van der Waals surface area contributed by atoms with E-state index in [9.17, 15) is 0 Å². The second-order valence-corrected chi connectivity index (χ2v) is 3.61. The van der Waals surface area contributed by atoms with Gasteiger partial charge in [0.2, 0.25) is 0 Å². The molecule has 11 heavy (non-hydrogen) atoms. The Morgan fingerprint density at radius 1 is 1.55 bits per heavy atom. The number of H-pyrrole nitrogens is 1. The zero-order valence-electron chi connectivity index (χ0n) is 6.84. The summed E-state index contributed by atoms with van der Waals surface area (Å²) in [5, 5.41) is 1.18. The van der Waals surface area contributed by atoms with Gasteiger partial charge in [0.25, 0.3) is 0 Å². The van der Waals surface area contributed by atoms with E-state index >= 15 is 0 Å². The van der Waals surface area contributed by atoms with E-state index in [1.54, 1.807) is 6.33 Å². The highest BCUT2D eigenvalue weighted by molar-refractivity contribution is 7.99. The maximum absolute atomic E-state index is 3.94. The van der Waals surface area contributed by atoms with E-state index in [1.165, 1.54) is 30.0 Å². The van der Waals surface area contributed by atoms with Gasteiger partial charge in [0, 0.05) is 0 Å². The average Bonchev–Trinajstić information content (AvgIpc) is 2.50. The lowest BCUT2D eigenvalue weighted by Gasteiger charge is -1.95. The summed E-state index contributed by atoms with van der Waals surface area (Å²) >= 11 is 1.85. The molecule has 0 spiro atoms. The van der Waals surface area contributed by atoms with Crippen LogP contribution in [0.1, 0.15) is 26.2 Å². The van der Waals surface area contributed by atoms with Gasteiger partial charge in [0.1, 0.15) is 0 Å². The van der Waals surface area contributed by atoms with Gasteiger partial charge in [-0.05, 0) is 12.2 Å². The molecule has 1 N–H and O–H groups in total. The molecule has 0 unspecified atom stereocenters. The quantitative estimate of drug-likeness (QED) is 0.543. The minimum absolute atomic E-state index is 1.18. The molecular formula is C8H14N2S. The van der Waals surface area contributed by atoms with E-state index in [4.69, 9.17) is 0 Å². The molecule has 0 bridgehead atoms. The number of nitrogens with one attached hydrogen (secondary N) is 1. The number of imidazole rings is 1. The van der Waals surface area contributed by atoms with Crippen LogP contribution >= 0.6 is 11.8 Å². The lowest BCUT2D eigenvalue weighted by atomic mass is 10.3. The van der Waals surface area contributed by atoms with E-state index in [2.05, 4.69) is 16.9 Å². The van der Waals surface area contributed by atoms with Crippen molar-refractivity contribution in [1.82, 2.24) is 9.97 Å². The third-order valence-electron chi connectivity index (χ3n) is 1.48. The van der Waals surface area contributed by atoms with E-state index in [0.29, 0.717) is 0 Å². The fraction of sp³-hybridized carbons (Fsp3) is 0.625. The van der Waals surface area contributed by atoms with Crippen molar-refractivity contribution >= 4 is 11.8 Å². The molecule has 0 radical (unpaired) electrons. The second-order valence-electron chi connectivity index (χ2n) is 2.47. The largest absolute Gasteiger partial charge is 0.340 e. The molecule has 1 heterocycles. The van der Waals surface area contributed by atoms with Crippen LogP contribution in [0.15, 0.2) is 17.6 Å². The molecule has 0 saturated heterocycles. The molecule has 0 amide bonds. The van der Waals surface area contributed by atoms with Crippen LogP contribution in [0, 0.1) is 0 Å². The zero-order valence-corrected chi connectivity index (χ0v) is 7.66. The van der Waals surface area contributed by atoms with Crippen molar-refractivity contribution in [3.05, 3.63) is 12.5 Å². The van der Waals surface area contributed by atoms with Crippen molar-refractivity contribution in [3.63, 3.8) is 0 Å². The Hall–Kier alpha value is -0.440. The van der Waals surface area contributed by atoms with Gasteiger partial charge in [-0.3, -0.25) is 0 Å². The van der Waals surface area contributed by atoms with Crippen LogP contribution in [-0.2, 0) is 0 Å². The summed E-state index contributed by atoms with van der Waals surface area (Å²) in [6.45, 7) is 2.22. The van der Waals surface area contributed by atoms with Crippen LogP contribution in [-0.4, -0.2) is 15.7 Å². The minimum Gasteiger partial charge on any atom is -0.340 e. The fourth-order valence-corrected chi connectivity index (χ4v) is 1.70. The Morgan fingerprint density at radius 2 is 2.45 bits per heavy atom. The van der Waals surface area contributed by atoms with Gasteiger partial charge in [0.15, 0.2) is 0 Å². The van der Waals surface area contributed by atoms with Crippen molar-refractivity contribution in [1.29, 1.82) is 0 Å². The number of rotatable bonds is 5. The molecule has 0 aromatic carbocycles. The average molecular weight is 170 g/mol. The molecule has 3 heteroatoms. The van der Waals surface area contributed by atoms with Crippen molar-refractivity contribution in [2.45, 2.75) is 31.2 Å². The normalized spacial score (nSPS) is 10.3. The Morgan fingerprint density at radius 3 is 3.09 bits per heavy atom. The van der Waals surface area contributed by atoms with Gasteiger partial charge in [0.05, 0.1) is 17.6 Å². The summed E-state index contributed by atoms with van der Waals surface area (Å²) in [5.74, 6) is 1.20. The summed E-state index contributed by atoms with van der Waals surface area (Å²) in [4.78, 5) is 7.01. The lowest BCUT2D eigenvalue weighted by molar-refractivity contribution is 0.778. The third kappa shape index (κ3) is 3.46. The number of thioether (sulfide) groups is 1. The number of aromatic amines is 1. The zero-order chi connectivity index (χ0) is 7.94. The molecular weight excluding hydrogens is 156 g/mol. The van der Waals surface area contributed by atoms with Gasteiger partial charge in [-0.25, -0.2) is 4.98 Å². The molecule has 0 aliphatic heterocycles. The summed E-state index contributed by atoms with van der Waals surface area (Å²) in [7, 11) is 0. The number of hydrogen-bond donors (Lipinski definition) is 1. The molecule has 0 aliphatic rings. The first-order valence-corrected chi connectivity index (χ1v) is 5.03. The maximum atomic E-state index is 3.94. The summed E-state index contributed by atoms with van der Waals surface area (Å²) < 4.78 is 0. The molecule has 1 rings (SSSR count). The van der Waals surface area contributed by atoms with E-state index in [0.717, 1.165) is 0 Å². The topological polar surface area (TPSA) is 28.7 Å². The standard InChI is InChI=1S/C8H14N2S/c1-2-3-4-5-11-8-6-9-7-10-8/h6-7H,2-5H2,1H3,(H,9,10). The fourth-order valence-electron chi connectivity index (χ4n) is 0.856. The maximum Gasteiger partial charge on any atom is 0.0928 e. The van der Waals surface area contributed by atoms with Gasteiger partial charge < -0.3 is 4.98 Å². The van der Waals surface area contributed by atoms with Crippen molar-refractivity contribution in [2.75, 3.05) is 5.75 Å². The van der Waals surface area contributed by atoms with Crippen LogP contribution in [0.2, 0.25) is 0 Å². The van der Waals surface area contributed by atoms with Crippen LogP contribution in [0.3, 0.4) is 0 Å². The number of unbranched alkanes of at least 4 members (excludes halogenated alkanes) is 2. The number of nitrogens with zero attached hydrogens (tertiary/aromatic N) is 1. The lowest BCUT2D eigenvalue weighted by Crippen LogP contribution is -1.79. The first kappa shape index (κ1) is 8.65. The smallest absolute Gasteiger partial charge is 0.0928 e. The van der Waals surface area contributed by atoms with Crippen molar-refractivity contribution < 1.29 is 0 Å². The summed E-state index contributed by atoms with van der Waals surface area (Å²) in [6.07, 6.45) is 7.53. The first-order chi connectivity index (χ1) is 5.43.